The lowest BCUT2D eigenvalue weighted by Gasteiger charge is -2.38. The van der Waals surface area contributed by atoms with Crippen molar-refractivity contribution in [2.24, 2.45) is 0 Å². The van der Waals surface area contributed by atoms with Gasteiger partial charge in [-0.3, -0.25) is 4.79 Å². The quantitative estimate of drug-likeness (QED) is 0.796. The van der Waals surface area contributed by atoms with Crippen LogP contribution in [0.5, 0.6) is 11.5 Å². The number of anilines is 1. The highest BCUT2D eigenvalue weighted by Crippen LogP contribution is 2.44. The van der Waals surface area contributed by atoms with Crippen LogP contribution in [0.1, 0.15) is 48.8 Å². The fourth-order valence-corrected chi connectivity index (χ4v) is 3.75. The first-order chi connectivity index (χ1) is 13.0. The third-order valence-electron chi connectivity index (χ3n) is 4.82. The van der Waals surface area contributed by atoms with Crippen molar-refractivity contribution in [1.82, 2.24) is 4.90 Å². The van der Waals surface area contributed by atoms with Crippen molar-refractivity contribution >= 4 is 23.2 Å². The van der Waals surface area contributed by atoms with Crippen LogP contribution in [0.4, 0.5) is 5.69 Å². The van der Waals surface area contributed by atoms with Crippen molar-refractivity contribution in [2.45, 2.75) is 45.0 Å². The number of halogens is 1. The molecule has 6 heteroatoms. The molecule has 142 valence electrons. The number of amides is 1. The molecule has 1 heterocycles. The molecule has 0 unspecified atom stereocenters. The van der Waals surface area contributed by atoms with Gasteiger partial charge in [-0.25, -0.2) is 0 Å². The standard InChI is InChI=1S/C21H23ClN2O3/c1-12(2)27-19-16(22)10-13(11-18(19)26-3)20-23-17-7-5-4-6-15(17)21(25)24(20)14-8-9-14/h4-7,10-12,14,20,23H,8-9H2,1-3H3/t20-/m0/s1. The summed E-state index contributed by atoms with van der Waals surface area (Å²) in [6, 6.07) is 11.6. The zero-order valence-corrected chi connectivity index (χ0v) is 16.4. The zero-order valence-electron chi connectivity index (χ0n) is 15.7. The fourth-order valence-electron chi connectivity index (χ4n) is 3.49. The van der Waals surface area contributed by atoms with Gasteiger partial charge in [-0.05, 0) is 51.0 Å². The molecule has 1 atom stereocenters. The molecule has 2 aromatic rings. The Hall–Kier alpha value is -2.40. The van der Waals surface area contributed by atoms with E-state index >= 15 is 0 Å². The number of methoxy groups -OCH3 is 1. The molecule has 0 saturated heterocycles. The van der Waals surface area contributed by atoms with E-state index in [1.165, 1.54) is 0 Å². The highest BCUT2D eigenvalue weighted by molar-refractivity contribution is 6.32. The SMILES string of the molecule is COc1cc([C@H]2Nc3ccccc3C(=O)N2C2CC2)cc(Cl)c1OC(C)C. The molecule has 27 heavy (non-hydrogen) atoms. The highest BCUT2D eigenvalue weighted by atomic mass is 35.5. The van der Waals surface area contributed by atoms with E-state index in [1.54, 1.807) is 7.11 Å². The van der Waals surface area contributed by atoms with Crippen LogP contribution in [0.2, 0.25) is 5.02 Å². The number of rotatable bonds is 5. The number of carbonyl (C=O) groups is 1. The van der Waals surface area contributed by atoms with Gasteiger partial charge in [-0.1, -0.05) is 23.7 Å². The van der Waals surface area contributed by atoms with Crippen molar-refractivity contribution in [3.63, 3.8) is 0 Å². The van der Waals surface area contributed by atoms with Gasteiger partial charge in [0.15, 0.2) is 11.5 Å². The Bertz CT molecular complexity index is 880. The van der Waals surface area contributed by atoms with Crippen LogP contribution in [0, 0.1) is 0 Å². The number of ether oxygens (including phenoxy) is 2. The zero-order chi connectivity index (χ0) is 19.1. The number of para-hydroxylation sites is 1. The van der Waals surface area contributed by atoms with E-state index in [-0.39, 0.29) is 24.2 Å². The molecule has 2 aromatic carbocycles. The number of fused-ring (bicyclic) bond motifs is 1. The average Bonchev–Trinajstić information content (AvgIpc) is 3.47. The molecule has 1 aliphatic carbocycles. The molecular formula is C21H23ClN2O3. The molecule has 5 nitrogen and oxygen atoms in total. The maximum absolute atomic E-state index is 13.1. The Kier molecular flexibility index (Phi) is 4.64. The second-order valence-corrected chi connectivity index (χ2v) is 7.64. The first kappa shape index (κ1) is 18.0. The summed E-state index contributed by atoms with van der Waals surface area (Å²) in [5.41, 5.74) is 2.42. The second kappa shape index (κ2) is 6.97. The third kappa shape index (κ3) is 3.32. The maximum atomic E-state index is 13.1. The summed E-state index contributed by atoms with van der Waals surface area (Å²) in [6.45, 7) is 3.88. The summed E-state index contributed by atoms with van der Waals surface area (Å²) in [7, 11) is 1.59. The van der Waals surface area contributed by atoms with Gasteiger partial charge >= 0.3 is 0 Å². The van der Waals surface area contributed by atoms with Crippen LogP contribution >= 0.6 is 11.6 Å². The normalized spacial score (nSPS) is 18.9. The Balaban J connectivity index is 1.77. The summed E-state index contributed by atoms with van der Waals surface area (Å²) < 4.78 is 11.3. The molecule has 0 spiro atoms. The van der Waals surface area contributed by atoms with E-state index in [2.05, 4.69) is 5.32 Å². The Morgan fingerprint density at radius 1 is 1.22 bits per heavy atom. The highest BCUT2D eigenvalue weighted by Gasteiger charge is 2.42. The molecule has 1 amide bonds. The molecular weight excluding hydrogens is 364 g/mol. The second-order valence-electron chi connectivity index (χ2n) is 7.24. The molecule has 2 aliphatic rings. The Morgan fingerprint density at radius 2 is 1.96 bits per heavy atom. The Labute approximate surface area is 164 Å². The van der Waals surface area contributed by atoms with Crippen molar-refractivity contribution in [1.29, 1.82) is 0 Å². The first-order valence-electron chi connectivity index (χ1n) is 9.22. The first-order valence-corrected chi connectivity index (χ1v) is 9.59. The molecule has 4 rings (SSSR count). The largest absolute Gasteiger partial charge is 0.493 e. The third-order valence-corrected chi connectivity index (χ3v) is 5.10. The summed E-state index contributed by atoms with van der Waals surface area (Å²) >= 11 is 6.52. The number of hydrogen-bond acceptors (Lipinski definition) is 4. The van der Waals surface area contributed by atoms with Crippen LogP contribution < -0.4 is 14.8 Å². The molecule has 1 saturated carbocycles. The van der Waals surface area contributed by atoms with Gasteiger partial charge in [-0.15, -0.1) is 0 Å². The summed E-state index contributed by atoms with van der Waals surface area (Å²) in [4.78, 5) is 15.1. The average molecular weight is 387 g/mol. The number of carbonyl (C=O) groups excluding carboxylic acids is 1. The summed E-state index contributed by atoms with van der Waals surface area (Å²) in [6.07, 6.45) is 1.72. The van der Waals surface area contributed by atoms with E-state index in [4.69, 9.17) is 21.1 Å². The Morgan fingerprint density at radius 3 is 2.63 bits per heavy atom. The molecule has 1 N–H and O–H groups in total. The van der Waals surface area contributed by atoms with Gasteiger partial charge in [0.2, 0.25) is 0 Å². The van der Waals surface area contributed by atoms with E-state index < -0.39 is 0 Å². The smallest absolute Gasteiger partial charge is 0.258 e. The predicted octanol–water partition coefficient (Wildman–Crippen LogP) is 4.86. The van der Waals surface area contributed by atoms with Crippen molar-refractivity contribution in [2.75, 3.05) is 12.4 Å². The van der Waals surface area contributed by atoms with Crippen LogP contribution in [0.25, 0.3) is 0 Å². The van der Waals surface area contributed by atoms with E-state index in [1.807, 2.05) is 55.1 Å². The topological polar surface area (TPSA) is 50.8 Å². The molecule has 0 radical (unpaired) electrons. The van der Waals surface area contributed by atoms with Crippen molar-refractivity contribution in [3.05, 3.63) is 52.5 Å². The molecule has 1 aliphatic heterocycles. The summed E-state index contributed by atoms with van der Waals surface area (Å²) in [5, 5.41) is 3.98. The van der Waals surface area contributed by atoms with Crippen LogP contribution in [-0.4, -0.2) is 30.1 Å². The van der Waals surface area contributed by atoms with Gasteiger partial charge in [0.05, 0.1) is 23.8 Å². The molecule has 0 aromatic heterocycles. The van der Waals surface area contributed by atoms with E-state index in [0.29, 0.717) is 22.1 Å². The lowest BCUT2D eigenvalue weighted by atomic mass is 10.0. The number of nitrogens with one attached hydrogen (secondary N) is 1. The van der Waals surface area contributed by atoms with Crippen LogP contribution in [0.15, 0.2) is 36.4 Å². The molecule has 0 bridgehead atoms. The minimum atomic E-state index is -0.292. The van der Waals surface area contributed by atoms with Crippen molar-refractivity contribution in [3.8, 4) is 11.5 Å². The minimum absolute atomic E-state index is 0.0218. The van der Waals surface area contributed by atoms with Crippen LogP contribution in [0.3, 0.4) is 0 Å². The number of benzene rings is 2. The van der Waals surface area contributed by atoms with E-state index in [0.717, 1.165) is 24.1 Å². The maximum Gasteiger partial charge on any atom is 0.258 e. The predicted molar refractivity (Wildman–Crippen MR) is 106 cm³/mol. The molecule has 1 fully saturated rings. The van der Waals surface area contributed by atoms with Gasteiger partial charge in [-0.2, -0.15) is 0 Å². The van der Waals surface area contributed by atoms with Gasteiger partial charge in [0.25, 0.3) is 5.91 Å². The fraction of sp³-hybridized carbons (Fsp3) is 0.381. The van der Waals surface area contributed by atoms with Crippen molar-refractivity contribution < 1.29 is 14.3 Å². The summed E-state index contributed by atoms with van der Waals surface area (Å²) in [5.74, 6) is 1.14. The van der Waals surface area contributed by atoms with Gasteiger partial charge in [0.1, 0.15) is 6.17 Å². The number of nitrogens with zero attached hydrogens (tertiary/aromatic N) is 1. The number of hydrogen-bond donors (Lipinski definition) is 1. The minimum Gasteiger partial charge on any atom is -0.493 e. The lowest BCUT2D eigenvalue weighted by Crippen LogP contribution is -2.44. The van der Waals surface area contributed by atoms with Crippen LogP contribution in [-0.2, 0) is 0 Å². The van der Waals surface area contributed by atoms with Gasteiger partial charge in [0, 0.05) is 17.3 Å². The van der Waals surface area contributed by atoms with Gasteiger partial charge < -0.3 is 19.7 Å². The lowest BCUT2D eigenvalue weighted by molar-refractivity contribution is 0.0666. The monoisotopic (exact) mass is 386 g/mol. The van der Waals surface area contributed by atoms with E-state index in [9.17, 15) is 4.79 Å².